The number of benzene rings is 1. The number of carbonyl (C=O) groups is 2. The summed E-state index contributed by atoms with van der Waals surface area (Å²) in [6.07, 6.45) is -0.661. The number of phenols is 2. The first-order valence-corrected chi connectivity index (χ1v) is 4.31. The van der Waals surface area contributed by atoms with Crippen molar-refractivity contribution in [3.8, 4) is 11.5 Å². The topological polar surface area (TPSA) is 87.1 Å². The first-order valence-electron chi connectivity index (χ1n) is 4.31. The molecule has 1 fully saturated rings. The molecule has 5 heteroatoms. The molecule has 1 aliphatic heterocycles. The van der Waals surface area contributed by atoms with Crippen molar-refractivity contribution in [3.05, 3.63) is 23.8 Å². The summed E-state index contributed by atoms with van der Waals surface area (Å²) < 4.78 is 4.68. The van der Waals surface area contributed by atoms with Crippen LogP contribution in [0.5, 0.6) is 11.5 Å². The highest BCUT2D eigenvalue weighted by Gasteiger charge is 2.37. The molecule has 1 unspecified atom stereocenters. The van der Waals surface area contributed by atoms with Crippen LogP contribution in [-0.2, 0) is 9.53 Å². The highest BCUT2D eigenvalue weighted by molar-refractivity contribution is 6.46. The van der Waals surface area contributed by atoms with Crippen LogP contribution in [0, 0.1) is 0 Å². The number of hydrogen-bond acceptors (Lipinski definition) is 5. The summed E-state index contributed by atoms with van der Waals surface area (Å²) in [4.78, 5) is 22.8. The molecule has 1 heterocycles. The van der Waals surface area contributed by atoms with Crippen molar-refractivity contribution in [2.24, 2.45) is 0 Å². The Morgan fingerprint density at radius 3 is 2.53 bits per heavy atom. The van der Waals surface area contributed by atoms with E-state index in [4.69, 9.17) is 5.11 Å². The zero-order chi connectivity index (χ0) is 11.0. The maximum atomic E-state index is 11.5. The largest absolute Gasteiger partial charge is 0.508 e. The van der Waals surface area contributed by atoms with Crippen LogP contribution in [-0.4, -0.2) is 34.5 Å². The molecule has 0 amide bonds. The second-order valence-electron chi connectivity index (χ2n) is 3.22. The molecule has 0 radical (unpaired) electrons. The number of hydrogen-bond donors (Lipinski definition) is 2. The van der Waals surface area contributed by atoms with E-state index in [1.54, 1.807) is 0 Å². The van der Waals surface area contributed by atoms with Crippen molar-refractivity contribution in [1.82, 2.24) is 0 Å². The molecule has 0 aromatic heterocycles. The number of ether oxygens (including phenoxy) is 1. The average Bonchev–Trinajstić information content (AvgIpc) is 2.99. The summed E-state index contributed by atoms with van der Waals surface area (Å²) in [5.41, 5.74) is -0.117. The molecule has 1 aromatic rings. The summed E-state index contributed by atoms with van der Waals surface area (Å²) in [5.74, 6) is -2.04. The standard InChI is InChI=1S/C10H8O5/c11-5-1-2-6(7(12)3-5)9(13)10(14)8-4-15-8/h1-3,8,11-12H,4H2. The van der Waals surface area contributed by atoms with Gasteiger partial charge < -0.3 is 14.9 Å². The van der Waals surface area contributed by atoms with Gasteiger partial charge in [0.25, 0.3) is 0 Å². The summed E-state index contributed by atoms with van der Waals surface area (Å²) in [6, 6.07) is 3.44. The molecule has 5 nitrogen and oxygen atoms in total. The number of epoxide rings is 1. The molecule has 1 saturated heterocycles. The van der Waals surface area contributed by atoms with E-state index in [0.717, 1.165) is 6.07 Å². The molecule has 15 heavy (non-hydrogen) atoms. The van der Waals surface area contributed by atoms with Gasteiger partial charge in [0.05, 0.1) is 12.2 Å². The molecule has 0 bridgehead atoms. The molecule has 1 atom stereocenters. The fraction of sp³-hybridized carbons (Fsp3) is 0.200. The van der Waals surface area contributed by atoms with Crippen LogP contribution in [0.1, 0.15) is 10.4 Å². The van der Waals surface area contributed by atoms with Gasteiger partial charge in [0, 0.05) is 6.07 Å². The Morgan fingerprint density at radius 1 is 1.33 bits per heavy atom. The summed E-state index contributed by atoms with van der Waals surface area (Å²) in [5, 5.41) is 18.3. The van der Waals surface area contributed by atoms with Crippen molar-refractivity contribution in [1.29, 1.82) is 0 Å². The Morgan fingerprint density at radius 2 is 2.00 bits per heavy atom. The summed E-state index contributed by atoms with van der Waals surface area (Å²) in [6.45, 7) is 0.253. The van der Waals surface area contributed by atoms with E-state index in [2.05, 4.69) is 4.74 Å². The Bertz CT molecular complexity index is 433. The van der Waals surface area contributed by atoms with Gasteiger partial charge >= 0.3 is 0 Å². The zero-order valence-corrected chi connectivity index (χ0v) is 7.64. The highest BCUT2D eigenvalue weighted by atomic mass is 16.6. The van der Waals surface area contributed by atoms with E-state index in [9.17, 15) is 14.7 Å². The Kier molecular flexibility index (Phi) is 2.17. The molecular formula is C10H8O5. The smallest absolute Gasteiger partial charge is 0.235 e. The molecule has 78 valence electrons. The van der Waals surface area contributed by atoms with Crippen LogP contribution in [0.4, 0.5) is 0 Å². The fourth-order valence-corrected chi connectivity index (χ4v) is 1.19. The third kappa shape index (κ3) is 1.82. The number of Topliss-reactive ketones (excluding diaryl/α,β-unsaturated/α-hetero) is 2. The van der Waals surface area contributed by atoms with Crippen LogP contribution >= 0.6 is 0 Å². The second-order valence-corrected chi connectivity index (χ2v) is 3.22. The first-order chi connectivity index (χ1) is 7.09. The first kappa shape index (κ1) is 9.67. The lowest BCUT2D eigenvalue weighted by Gasteiger charge is -2.01. The minimum absolute atomic E-state index is 0.117. The van der Waals surface area contributed by atoms with Crippen LogP contribution in [0.15, 0.2) is 18.2 Å². The van der Waals surface area contributed by atoms with Crippen molar-refractivity contribution in [2.75, 3.05) is 6.61 Å². The van der Waals surface area contributed by atoms with Crippen molar-refractivity contribution < 1.29 is 24.5 Å². The Balaban J connectivity index is 2.28. The lowest BCUT2D eigenvalue weighted by molar-refractivity contribution is -0.116. The Labute approximate surface area is 84.9 Å². The third-order valence-electron chi connectivity index (χ3n) is 2.08. The van der Waals surface area contributed by atoms with E-state index in [0.29, 0.717) is 0 Å². The predicted octanol–water partition coefficient (Wildman–Crippen LogP) is 0.248. The Hall–Kier alpha value is -1.88. The van der Waals surface area contributed by atoms with Crippen LogP contribution in [0.3, 0.4) is 0 Å². The molecule has 0 spiro atoms. The molecule has 2 rings (SSSR count). The van der Waals surface area contributed by atoms with Gasteiger partial charge in [0.1, 0.15) is 17.6 Å². The second kappa shape index (κ2) is 3.36. The van der Waals surface area contributed by atoms with Crippen molar-refractivity contribution in [3.63, 3.8) is 0 Å². The average molecular weight is 208 g/mol. The van der Waals surface area contributed by atoms with Gasteiger partial charge in [-0.2, -0.15) is 0 Å². The minimum Gasteiger partial charge on any atom is -0.508 e. The monoisotopic (exact) mass is 208 g/mol. The lowest BCUT2D eigenvalue weighted by Crippen LogP contribution is -2.19. The summed E-state index contributed by atoms with van der Waals surface area (Å²) >= 11 is 0. The van der Waals surface area contributed by atoms with E-state index < -0.39 is 23.4 Å². The molecule has 1 aromatic carbocycles. The van der Waals surface area contributed by atoms with Crippen molar-refractivity contribution >= 4 is 11.6 Å². The molecule has 1 aliphatic rings. The van der Waals surface area contributed by atoms with Crippen LogP contribution in [0.2, 0.25) is 0 Å². The molecule has 0 aliphatic carbocycles. The molecule has 2 N–H and O–H groups in total. The number of ketones is 2. The molecule has 0 saturated carbocycles. The van der Waals surface area contributed by atoms with Gasteiger partial charge in [-0.15, -0.1) is 0 Å². The van der Waals surface area contributed by atoms with Gasteiger partial charge in [0.15, 0.2) is 0 Å². The van der Waals surface area contributed by atoms with Gasteiger partial charge in [-0.05, 0) is 12.1 Å². The third-order valence-corrected chi connectivity index (χ3v) is 2.08. The lowest BCUT2D eigenvalue weighted by atomic mass is 10.0. The summed E-state index contributed by atoms with van der Waals surface area (Å²) in [7, 11) is 0. The maximum absolute atomic E-state index is 11.5. The van der Waals surface area contributed by atoms with Gasteiger partial charge in [-0.1, -0.05) is 0 Å². The number of phenolic OH excluding ortho intramolecular Hbond substituents is 2. The van der Waals surface area contributed by atoms with Crippen LogP contribution < -0.4 is 0 Å². The predicted molar refractivity (Wildman–Crippen MR) is 48.8 cm³/mol. The number of carbonyl (C=O) groups excluding carboxylic acids is 2. The number of aromatic hydroxyl groups is 2. The van der Waals surface area contributed by atoms with Gasteiger partial charge in [-0.3, -0.25) is 9.59 Å². The van der Waals surface area contributed by atoms with Crippen LogP contribution in [0.25, 0.3) is 0 Å². The molecular weight excluding hydrogens is 200 g/mol. The van der Waals surface area contributed by atoms with E-state index in [1.165, 1.54) is 12.1 Å². The van der Waals surface area contributed by atoms with E-state index in [-0.39, 0.29) is 17.9 Å². The van der Waals surface area contributed by atoms with Gasteiger partial charge in [-0.25, -0.2) is 0 Å². The fourth-order valence-electron chi connectivity index (χ4n) is 1.19. The van der Waals surface area contributed by atoms with E-state index in [1.807, 2.05) is 0 Å². The van der Waals surface area contributed by atoms with Gasteiger partial charge in [0.2, 0.25) is 11.6 Å². The number of rotatable bonds is 3. The normalized spacial score (nSPS) is 18.5. The maximum Gasteiger partial charge on any atom is 0.235 e. The highest BCUT2D eigenvalue weighted by Crippen LogP contribution is 2.24. The quantitative estimate of drug-likeness (QED) is 0.422. The van der Waals surface area contributed by atoms with E-state index >= 15 is 0 Å². The van der Waals surface area contributed by atoms with Crippen molar-refractivity contribution in [2.45, 2.75) is 6.10 Å². The zero-order valence-electron chi connectivity index (χ0n) is 7.64. The minimum atomic E-state index is -0.796. The SMILES string of the molecule is O=C(C(=O)C1CO1)c1ccc(O)cc1O.